The average Bonchev–Trinajstić information content (AvgIpc) is 2.81. The van der Waals surface area contributed by atoms with Crippen molar-refractivity contribution in [1.29, 1.82) is 5.26 Å². The maximum absolute atomic E-state index is 8.84. The molecule has 0 radical (unpaired) electrons. The van der Waals surface area contributed by atoms with Crippen LogP contribution in [0.25, 0.3) is 0 Å². The van der Waals surface area contributed by atoms with Gasteiger partial charge in [-0.15, -0.1) is 0 Å². The molecule has 84 valence electrons. The zero-order chi connectivity index (χ0) is 11.5. The van der Waals surface area contributed by atoms with Gasteiger partial charge in [-0.05, 0) is 42.9 Å². The molecule has 1 atom stereocenters. The van der Waals surface area contributed by atoms with Crippen LogP contribution in [0.15, 0.2) is 18.2 Å². The van der Waals surface area contributed by atoms with Crippen molar-refractivity contribution < 1.29 is 0 Å². The van der Waals surface area contributed by atoms with Gasteiger partial charge in [0.1, 0.15) is 0 Å². The fraction of sp³-hybridized carbons (Fsp3) is 0.462. The van der Waals surface area contributed by atoms with Gasteiger partial charge in [0.2, 0.25) is 0 Å². The molecule has 1 unspecified atom stereocenters. The molecule has 1 aromatic rings. The molecule has 1 heterocycles. The van der Waals surface area contributed by atoms with E-state index in [0.29, 0.717) is 6.04 Å². The molecule has 2 nitrogen and oxygen atoms in total. The number of anilines is 1. The fourth-order valence-electron chi connectivity index (χ4n) is 2.14. The van der Waals surface area contributed by atoms with E-state index in [2.05, 4.69) is 31.0 Å². The van der Waals surface area contributed by atoms with Crippen LogP contribution in [0.1, 0.15) is 17.5 Å². The molecule has 2 rings (SSSR count). The summed E-state index contributed by atoms with van der Waals surface area (Å²) in [6.45, 7) is 2.08. The first-order chi connectivity index (χ1) is 7.72. The molecule has 1 aromatic carbocycles. The monoisotopic (exact) mass is 232 g/mol. The average molecular weight is 232 g/mol. The van der Waals surface area contributed by atoms with E-state index in [1.807, 2.05) is 23.9 Å². The third kappa shape index (κ3) is 2.17. The highest BCUT2D eigenvalue weighted by molar-refractivity contribution is 7.99. The predicted octanol–water partition coefficient (Wildman–Crippen LogP) is 2.81. The Morgan fingerprint density at radius 2 is 2.31 bits per heavy atom. The van der Waals surface area contributed by atoms with Crippen molar-refractivity contribution >= 4 is 17.4 Å². The van der Waals surface area contributed by atoms with Gasteiger partial charge in [0, 0.05) is 24.5 Å². The van der Waals surface area contributed by atoms with Crippen LogP contribution in [0.5, 0.6) is 0 Å². The molecule has 0 aromatic heterocycles. The van der Waals surface area contributed by atoms with Crippen molar-refractivity contribution in [1.82, 2.24) is 0 Å². The first-order valence-corrected chi connectivity index (χ1v) is 6.69. The number of benzene rings is 1. The minimum Gasteiger partial charge on any atom is -0.371 e. The van der Waals surface area contributed by atoms with Crippen molar-refractivity contribution in [2.24, 2.45) is 0 Å². The normalized spacial score (nSPS) is 19.4. The van der Waals surface area contributed by atoms with Crippen LogP contribution in [0.3, 0.4) is 0 Å². The Morgan fingerprint density at radius 3 is 2.88 bits per heavy atom. The number of rotatable bonds is 2. The molecule has 3 heteroatoms. The Hall–Kier alpha value is -1.14. The van der Waals surface area contributed by atoms with Crippen LogP contribution < -0.4 is 4.90 Å². The highest BCUT2D eigenvalue weighted by atomic mass is 32.2. The molecule has 1 fully saturated rings. The van der Waals surface area contributed by atoms with E-state index in [0.717, 1.165) is 5.56 Å². The molecule has 0 saturated carbocycles. The molecule has 16 heavy (non-hydrogen) atoms. The summed E-state index contributed by atoms with van der Waals surface area (Å²) in [5, 5.41) is 8.84. The van der Waals surface area contributed by atoms with Gasteiger partial charge in [0.05, 0.1) is 11.6 Å². The number of thioether (sulfide) groups is 1. The summed E-state index contributed by atoms with van der Waals surface area (Å²) in [6.07, 6.45) is 1.26. The van der Waals surface area contributed by atoms with Crippen molar-refractivity contribution in [2.45, 2.75) is 19.4 Å². The van der Waals surface area contributed by atoms with Gasteiger partial charge in [-0.3, -0.25) is 0 Å². The first-order valence-electron chi connectivity index (χ1n) is 5.53. The number of nitrogens with zero attached hydrogens (tertiary/aromatic N) is 2. The maximum atomic E-state index is 8.84. The summed E-state index contributed by atoms with van der Waals surface area (Å²) in [7, 11) is 2.16. The highest BCUT2D eigenvalue weighted by Gasteiger charge is 2.21. The Balaban J connectivity index is 2.23. The summed E-state index contributed by atoms with van der Waals surface area (Å²) >= 11 is 2.02. The highest BCUT2D eigenvalue weighted by Crippen LogP contribution is 2.28. The van der Waals surface area contributed by atoms with Gasteiger partial charge in [0.15, 0.2) is 0 Å². The zero-order valence-electron chi connectivity index (χ0n) is 9.73. The minimum absolute atomic E-state index is 0.650. The molecule has 0 bridgehead atoms. The van der Waals surface area contributed by atoms with E-state index in [9.17, 15) is 0 Å². The molecule has 0 aliphatic carbocycles. The number of hydrogen-bond acceptors (Lipinski definition) is 3. The van der Waals surface area contributed by atoms with Gasteiger partial charge < -0.3 is 4.90 Å². The molecule has 1 aliphatic rings. The Morgan fingerprint density at radius 1 is 1.50 bits per heavy atom. The summed E-state index contributed by atoms with van der Waals surface area (Å²) < 4.78 is 0. The first kappa shape index (κ1) is 11.3. The predicted molar refractivity (Wildman–Crippen MR) is 70.0 cm³/mol. The second kappa shape index (κ2) is 4.80. The third-order valence-corrected chi connectivity index (χ3v) is 4.30. The third-order valence-electron chi connectivity index (χ3n) is 3.16. The molecule has 0 spiro atoms. The summed E-state index contributed by atoms with van der Waals surface area (Å²) in [5.74, 6) is 2.49. The van der Waals surface area contributed by atoms with Gasteiger partial charge in [0.25, 0.3) is 0 Å². The van der Waals surface area contributed by atoms with E-state index in [1.54, 1.807) is 0 Å². The number of hydrogen-bond donors (Lipinski definition) is 0. The molecule has 0 N–H and O–H groups in total. The van der Waals surface area contributed by atoms with Crippen LogP contribution in [0.2, 0.25) is 0 Å². The Bertz CT molecular complexity index is 416. The lowest BCUT2D eigenvalue weighted by molar-refractivity contribution is 0.698. The van der Waals surface area contributed by atoms with E-state index in [4.69, 9.17) is 5.26 Å². The molecular weight excluding hydrogens is 216 g/mol. The van der Waals surface area contributed by atoms with Crippen molar-refractivity contribution in [3.63, 3.8) is 0 Å². The zero-order valence-corrected chi connectivity index (χ0v) is 10.5. The molecule has 1 saturated heterocycles. The van der Waals surface area contributed by atoms with E-state index in [1.165, 1.54) is 29.2 Å². The van der Waals surface area contributed by atoms with E-state index in [-0.39, 0.29) is 0 Å². The lowest BCUT2D eigenvalue weighted by Crippen LogP contribution is -2.31. The second-order valence-corrected chi connectivity index (χ2v) is 5.39. The maximum Gasteiger partial charge on any atom is 0.0991 e. The molecular formula is C13H16N2S. The summed E-state index contributed by atoms with van der Waals surface area (Å²) in [5.41, 5.74) is 3.19. The van der Waals surface area contributed by atoms with Crippen LogP contribution in [-0.4, -0.2) is 24.6 Å². The van der Waals surface area contributed by atoms with Crippen molar-refractivity contribution in [3.8, 4) is 6.07 Å². The topological polar surface area (TPSA) is 27.0 Å². The van der Waals surface area contributed by atoms with Crippen molar-refractivity contribution in [3.05, 3.63) is 29.3 Å². The van der Waals surface area contributed by atoms with Crippen LogP contribution >= 0.6 is 11.8 Å². The van der Waals surface area contributed by atoms with E-state index >= 15 is 0 Å². The van der Waals surface area contributed by atoms with Crippen LogP contribution in [-0.2, 0) is 0 Å². The summed E-state index contributed by atoms with van der Waals surface area (Å²) in [6, 6.07) is 8.77. The van der Waals surface area contributed by atoms with Gasteiger partial charge in [-0.2, -0.15) is 17.0 Å². The number of nitriles is 1. The SMILES string of the molecule is Cc1cc(C#N)ccc1N(C)C1CCSC1. The second-order valence-electron chi connectivity index (χ2n) is 4.24. The molecule has 1 aliphatic heterocycles. The standard InChI is InChI=1S/C13H16N2S/c1-10-7-11(8-14)3-4-13(10)15(2)12-5-6-16-9-12/h3-4,7,12H,5-6,9H2,1-2H3. The van der Waals surface area contributed by atoms with Crippen LogP contribution in [0.4, 0.5) is 5.69 Å². The number of aryl methyl sites for hydroxylation is 1. The Kier molecular flexibility index (Phi) is 3.40. The van der Waals surface area contributed by atoms with Gasteiger partial charge >= 0.3 is 0 Å². The van der Waals surface area contributed by atoms with Gasteiger partial charge in [-0.25, -0.2) is 0 Å². The minimum atomic E-state index is 0.650. The molecule has 0 amide bonds. The van der Waals surface area contributed by atoms with Crippen LogP contribution in [0, 0.1) is 18.3 Å². The summed E-state index contributed by atoms with van der Waals surface area (Å²) in [4.78, 5) is 2.36. The van der Waals surface area contributed by atoms with Crippen molar-refractivity contribution in [2.75, 3.05) is 23.5 Å². The fourth-order valence-corrected chi connectivity index (χ4v) is 3.41. The van der Waals surface area contributed by atoms with Gasteiger partial charge in [-0.1, -0.05) is 0 Å². The Labute approximate surface area is 101 Å². The largest absolute Gasteiger partial charge is 0.371 e. The van der Waals surface area contributed by atoms with E-state index < -0.39 is 0 Å². The lowest BCUT2D eigenvalue weighted by Gasteiger charge is -2.27. The quantitative estimate of drug-likeness (QED) is 0.784. The smallest absolute Gasteiger partial charge is 0.0991 e. The lowest BCUT2D eigenvalue weighted by atomic mass is 10.1.